The number of benzene rings is 1. The molecular formula is C15H15N3O6. The van der Waals surface area contributed by atoms with Crippen LogP contribution >= 0.6 is 0 Å². The number of non-ortho nitro benzene ring substituents is 1. The number of nitrogens with one attached hydrogen (secondary N) is 1. The van der Waals surface area contributed by atoms with Crippen molar-refractivity contribution in [3.05, 3.63) is 51.4 Å². The summed E-state index contributed by atoms with van der Waals surface area (Å²) in [4.78, 5) is 34.1. The van der Waals surface area contributed by atoms with Gasteiger partial charge in [-0.3, -0.25) is 14.9 Å². The lowest BCUT2D eigenvalue weighted by molar-refractivity contribution is -0.384. The molecule has 1 N–H and O–H groups in total. The van der Waals surface area contributed by atoms with Crippen molar-refractivity contribution in [3.63, 3.8) is 0 Å². The summed E-state index contributed by atoms with van der Waals surface area (Å²) in [5.41, 5.74) is 0.821. The summed E-state index contributed by atoms with van der Waals surface area (Å²) in [6, 6.07) is 5.30. The fourth-order valence-corrected chi connectivity index (χ4v) is 1.96. The van der Waals surface area contributed by atoms with E-state index < -0.39 is 22.9 Å². The van der Waals surface area contributed by atoms with Gasteiger partial charge in [0.2, 0.25) is 0 Å². The standard InChI is InChI=1S/C15H15N3O6/c1-8-13(9(2)24-17-8)15(20)23-10(3)14(19)16-11-4-6-12(7-5-11)18(21)22/h4-7,10H,1-3H3,(H,16,19). The summed E-state index contributed by atoms with van der Waals surface area (Å²) >= 11 is 0. The second-order valence-corrected chi connectivity index (χ2v) is 5.04. The van der Waals surface area contributed by atoms with Crippen molar-refractivity contribution < 1.29 is 23.8 Å². The number of aryl methyl sites for hydroxylation is 2. The molecule has 9 heteroatoms. The Hall–Kier alpha value is -3.23. The van der Waals surface area contributed by atoms with Gasteiger partial charge in [-0.1, -0.05) is 5.16 Å². The molecule has 1 atom stereocenters. The minimum atomic E-state index is -1.07. The van der Waals surface area contributed by atoms with E-state index in [1.165, 1.54) is 31.2 Å². The van der Waals surface area contributed by atoms with Crippen LogP contribution in [0.5, 0.6) is 0 Å². The smallest absolute Gasteiger partial charge is 0.344 e. The highest BCUT2D eigenvalue weighted by atomic mass is 16.6. The number of hydrogen-bond acceptors (Lipinski definition) is 7. The molecule has 126 valence electrons. The Balaban J connectivity index is 1.99. The molecule has 2 aromatic rings. The number of amides is 1. The van der Waals surface area contributed by atoms with Gasteiger partial charge in [-0.2, -0.15) is 0 Å². The number of esters is 1. The topological polar surface area (TPSA) is 125 Å². The number of carbonyl (C=O) groups is 2. The first-order chi connectivity index (χ1) is 11.3. The summed E-state index contributed by atoms with van der Waals surface area (Å²) in [6.45, 7) is 4.57. The Morgan fingerprint density at radius 2 is 1.92 bits per heavy atom. The van der Waals surface area contributed by atoms with Crippen LogP contribution in [0.3, 0.4) is 0 Å². The van der Waals surface area contributed by atoms with Crippen molar-refractivity contribution in [2.75, 3.05) is 5.32 Å². The lowest BCUT2D eigenvalue weighted by Crippen LogP contribution is -2.30. The first kappa shape index (κ1) is 17.1. The Morgan fingerprint density at radius 1 is 1.29 bits per heavy atom. The lowest BCUT2D eigenvalue weighted by atomic mass is 10.2. The quantitative estimate of drug-likeness (QED) is 0.506. The minimum Gasteiger partial charge on any atom is -0.449 e. The molecule has 0 spiro atoms. The van der Waals surface area contributed by atoms with Gasteiger partial charge in [0.25, 0.3) is 11.6 Å². The Bertz CT molecular complexity index is 762. The fourth-order valence-electron chi connectivity index (χ4n) is 1.96. The summed E-state index contributed by atoms with van der Waals surface area (Å²) < 4.78 is 9.97. The number of nitrogens with zero attached hydrogens (tertiary/aromatic N) is 2. The molecule has 0 aliphatic rings. The molecule has 1 heterocycles. The fraction of sp³-hybridized carbons (Fsp3) is 0.267. The highest BCUT2D eigenvalue weighted by Gasteiger charge is 2.24. The van der Waals surface area contributed by atoms with Crippen LogP contribution in [0.4, 0.5) is 11.4 Å². The zero-order valence-corrected chi connectivity index (χ0v) is 13.2. The van der Waals surface area contributed by atoms with E-state index in [-0.39, 0.29) is 11.3 Å². The van der Waals surface area contributed by atoms with Crippen LogP contribution in [-0.4, -0.2) is 28.1 Å². The average molecular weight is 333 g/mol. The van der Waals surface area contributed by atoms with Crippen molar-refractivity contribution in [3.8, 4) is 0 Å². The van der Waals surface area contributed by atoms with Crippen molar-refractivity contribution in [2.24, 2.45) is 0 Å². The number of aromatic nitrogens is 1. The van der Waals surface area contributed by atoms with Gasteiger partial charge in [-0.05, 0) is 32.9 Å². The lowest BCUT2D eigenvalue weighted by Gasteiger charge is -2.13. The highest BCUT2D eigenvalue weighted by Crippen LogP contribution is 2.17. The van der Waals surface area contributed by atoms with Gasteiger partial charge in [0, 0.05) is 17.8 Å². The summed E-state index contributed by atoms with van der Waals surface area (Å²) in [5, 5.41) is 16.7. The molecule has 0 aliphatic heterocycles. The largest absolute Gasteiger partial charge is 0.449 e. The van der Waals surface area contributed by atoms with E-state index in [1.54, 1.807) is 13.8 Å². The molecule has 1 unspecified atom stereocenters. The van der Waals surface area contributed by atoms with Gasteiger partial charge in [0.05, 0.1) is 10.6 Å². The molecule has 0 saturated carbocycles. The van der Waals surface area contributed by atoms with Crippen LogP contribution < -0.4 is 5.32 Å². The molecule has 0 aliphatic carbocycles. The summed E-state index contributed by atoms with van der Waals surface area (Å²) in [6.07, 6.45) is -1.07. The van der Waals surface area contributed by atoms with Gasteiger partial charge < -0.3 is 14.6 Å². The van der Waals surface area contributed by atoms with Gasteiger partial charge in [-0.15, -0.1) is 0 Å². The first-order valence-electron chi connectivity index (χ1n) is 6.98. The Labute approximate surface area is 136 Å². The van der Waals surface area contributed by atoms with Crippen LogP contribution in [0.1, 0.15) is 28.7 Å². The predicted molar refractivity (Wildman–Crippen MR) is 82.6 cm³/mol. The molecule has 0 radical (unpaired) electrons. The highest BCUT2D eigenvalue weighted by molar-refractivity contribution is 5.98. The van der Waals surface area contributed by atoms with Gasteiger partial charge >= 0.3 is 5.97 Å². The number of nitro groups is 1. The first-order valence-corrected chi connectivity index (χ1v) is 6.98. The zero-order chi connectivity index (χ0) is 17.9. The van der Waals surface area contributed by atoms with E-state index in [0.717, 1.165) is 0 Å². The maximum Gasteiger partial charge on any atom is 0.344 e. The van der Waals surface area contributed by atoms with Gasteiger partial charge in [0.15, 0.2) is 6.10 Å². The molecule has 9 nitrogen and oxygen atoms in total. The number of rotatable bonds is 5. The van der Waals surface area contributed by atoms with E-state index in [9.17, 15) is 19.7 Å². The third-order valence-electron chi connectivity index (χ3n) is 3.24. The second kappa shape index (κ2) is 6.90. The normalized spacial score (nSPS) is 11.6. The van der Waals surface area contributed by atoms with Crippen LogP contribution in [-0.2, 0) is 9.53 Å². The molecule has 1 amide bonds. The molecule has 1 aromatic heterocycles. The van der Waals surface area contributed by atoms with Gasteiger partial charge in [0.1, 0.15) is 11.3 Å². The van der Waals surface area contributed by atoms with Crippen LogP contribution in [0.25, 0.3) is 0 Å². The summed E-state index contributed by atoms with van der Waals surface area (Å²) in [5.74, 6) is -0.970. The zero-order valence-electron chi connectivity index (χ0n) is 13.2. The van der Waals surface area contributed by atoms with E-state index >= 15 is 0 Å². The Morgan fingerprint density at radius 3 is 2.42 bits per heavy atom. The van der Waals surface area contributed by atoms with Gasteiger partial charge in [-0.25, -0.2) is 4.79 Å². The van der Waals surface area contributed by atoms with Crippen LogP contribution in [0.2, 0.25) is 0 Å². The van der Waals surface area contributed by atoms with Crippen LogP contribution in [0.15, 0.2) is 28.8 Å². The molecular weight excluding hydrogens is 318 g/mol. The summed E-state index contributed by atoms with van der Waals surface area (Å²) in [7, 11) is 0. The van der Waals surface area contributed by atoms with Crippen molar-refractivity contribution in [1.29, 1.82) is 0 Å². The van der Waals surface area contributed by atoms with E-state index in [0.29, 0.717) is 17.1 Å². The number of nitro benzene ring substituents is 1. The number of hydrogen-bond donors (Lipinski definition) is 1. The maximum atomic E-state index is 12.1. The third-order valence-corrected chi connectivity index (χ3v) is 3.24. The van der Waals surface area contributed by atoms with E-state index in [1.807, 2.05) is 0 Å². The maximum absolute atomic E-state index is 12.1. The monoisotopic (exact) mass is 333 g/mol. The molecule has 0 bridgehead atoms. The van der Waals surface area contributed by atoms with Crippen molar-refractivity contribution in [1.82, 2.24) is 5.16 Å². The van der Waals surface area contributed by atoms with Crippen molar-refractivity contribution in [2.45, 2.75) is 26.9 Å². The van der Waals surface area contributed by atoms with E-state index in [4.69, 9.17) is 9.26 Å². The predicted octanol–water partition coefficient (Wildman–Crippen LogP) is 2.38. The van der Waals surface area contributed by atoms with Crippen molar-refractivity contribution >= 4 is 23.3 Å². The minimum absolute atomic E-state index is 0.0918. The van der Waals surface area contributed by atoms with E-state index in [2.05, 4.69) is 10.5 Å². The Kier molecular flexibility index (Phi) is 4.93. The third kappa shape index (κ3) is 3.75. The molecule has 0 saturated heterocycles. The molecule has 0 fully saturated rings. The second-order valence-electron chi connectivity index (χ2n) is 5.04. The molecule has 2 rings (SSSR count). The number of carbonyl (C=O) groups excluding carboxylic acids is 2. The number of ether oxygens (including phenoxy) is 1. The SMILES string of the molecule is Cc1noc(C)c1C(=O)OC(C)C(=O)Nc1ccc([N+](=O)[O-])cc1. The molecule has 1 aromatic carbocycles. The average Bonchev–Trinajstić information content (AvgIpc) is 2.86. The molecule has 24 heavy (non-hydrogen) atoms. The van der Waals surface area contributed by atoms with Crippen LogP contribution in [0, 0.1) is 24.0 Å². The number of anilines is 1.